The van der Waals surface area contributed by atoms with E-state index < -0.39 is 5.97 Å². The maximum Gasteiger partial charge on any atom is 0.313 e. The summed E-state index contributed by atoms with van der Waals surface area (Å²) in [5.74, 6) is 0.772. The molecule has 0 fully saturated rings. The topological polar surface area (TPSA) is 43.4 Å². The van der Waals surface area contributed by atoms with E-state index in [1.54, 1.807) is 11.8 Å². The second-order valence-electron chi connectivity index (χ2n) is 5.21. The van der Waals surface area contributed by atoms with Crippen LogP contribution in [0.3, 0.4) is 0 Å². The van der Waals surface area contributed by atoms with Gasteiger partial charge in [0.15, 0.2) is 5.78 Å². The second kappa shape index (κ2) is 11.8. The van der Waals surface area contributed by atoms with E-state index in [1.807, 2.05) is 18.2 Å². The van der Waals surface area contributed by atoms with E-state index in [4.69, 9.17) is 23.2 Å². The second-order valence-corrected chi connectivity index (χ2v) is 7.13. The first-order valence-corrected chi connectivity index (χ1v) is 9.54. The Hall–Kier alpha value is -0.710. The number of rotatable bonds is 11. The summed E-state index contributed by atoms with van der Waals surface area (Å²) in [5, 5.41) is 1.47. The molecule has 0 radical (unpaired) electrons. The number of Topliss-reactive ketones (excluding diaryl/α,β-unsaturated/α-hetero) is 1. The van der Waals surface area contributed by atoms with Crippen molar-refractivity contribution < 1.29 is 14.3 Å². The van der Waals surface area contributed by atoms with E-state index in [9.17, 15) is 9.59 Å². The monoisotopic (exact) mass is 376 g/mol. The molecule has 0 atom stereocenters. The lowest BCUT2D eigenvalue weighted by Gasteiger charge is -2.06. The number of carbonyl (C=O) groups is 2. The lowest BCUT2D eigenvalue weighted by atomic mass is 10.1. The standard InChI is InChI=1S/C17H22Cl2O3S/c1-22-17(21)11-13(20)12-23-10-5-3-2-4-7-14-15(18)8-6-9-16(14)19/h6,8-9H,2-5,7,10-12H2,1H3. The van der Waals surface area contributed by atoms with Gasteiger partial charge in [-0.1, -0.05) is 42.1 Å². The average Bonchev–Trinajstić information content (AvgIpc) is 2.52. The summed E-state index contributed by atoms with van der Waals surface area (Å²) in [4.78, 5) is 22.3. The van der Waals surface area contributed by atoms with Crippen molar-refractivity contribution in [3.63, 3.8) is 0 Å². The van der Waals surface area contributed by atoms with Crippen LogP contribution in [0, 0.1) is 0 Å². The molecule has 1 aromatic rings. The molecular weight excluding hydrogens is 355 g/mol. The summed E-state index contributed by atoms with van der Waals surface area (Å²) in [7, 11) is 1.29. The predicted octanol–water partition coefficient (Wildman–Crippen LogP) is 4.96. The first kappa shape index (κ1) is 20.3. The number of methoxy groups -OCH3 is 1. The van der Waals surface area contributed by atoms with Crippen molar-refractivity contribution in [2.75, 3.05) is 18.6 Å². The average molecular weight is 377 g/mol. The van der Waals surface area contributed by atoms with Crippen molar-refractivity contribution in [2.24, 2.45) is 0 Å². The number of hydrogen-bond acceptors (Lipinski definition) is 4. The first-order chi connectivity index (χ1) is 11.0. The first-order valence-electron chi connectivity index (χ1n) is 7.63. The molecule has 0 saturated heterocycles. The normalized spacial score (nSPS) is 10.6. The van der Waals surface area contributed by atoms with Gasteiger partial charge in [-0.3, -0.25) is 9.59 Å². The Bertz CT molecular complexity index is 500. The third-order valence-electron chi connectivity index (χ3n) is 3.36. The zero-order valence-electron chi connectivity index (χ0n) is 13.3. The van der Waals surface area contributed by atoms with Crippen LogP contribution in [0.25, 0.3) is 0 Å². The molecule has 3 nitrogen and oxygen atoms in total. The van der Waals surface area contributed by atoms with Crippen LogP contribution >= 0.6 is 35.0 Å². The van der Waals surface area contributed by atoms with Gasteiger partial charge in [0.1, 0.15) is 6.42 Å². The third-order valence-corrected chi connectivity index (χ3v) is 5.17. The predicted molar refractivity (Wildman–Crippen MR) is 97.6 cm³/mol. The van der Waals surface area contributed by atoms with Gasteiger partial charge in [-0.15, -0.1) is 0 Å². The van der Waals surface area contributed by atoms with Crippen molar-refractivity contribution in [1.82, 2.24) is 0 Å². The maximum atomic E-state index is 11.4. The van der Waals surface area contributed by atoms with E-state index in [0.717, 1.165) is 53.5 Å². The highest BCUT2D eigenvalue weighted by Gasteiger charge is 2.09. The van der Waals surface area contributed by atoms with Crippen LogP contribution in [0.2, 0.25) is 10.0 Å². The van der Waals surface area contributed by atoms with E-state index >= 15 is 0 Å². The quantitative estimate of drug-likeness (QED) is 0.311. The minimum atomic E-state index is -0.464. The maximum absolute atomic E-state index is 11.4. The van der Waals surface area contributed by atoms with Crippen LogP contribution in [0.15, 0.2) is 18.2 Å². The van der Waals surface area contributed by atoms with Gasteiger partial charge >= 0.3 is 5.97 Å². The Morgan fingerprint density at radius 3 is 2.39 bits per heavy atom. The van der Waals surface area contributed by atoms with Gasteiger partial charge in [-0.25, -0.2) is 0 Å². The molecule has 0 aliphatic rings. The number of carbonyl (C=O) groups excluding carboxylic acids is 2. The molecule has 0 aromatic heterocycles. The van der Waals surface area contributed by atoms with Gasteiger partial charge in [-0.2, -0.15) is 11.8 Å². The van der Waals surface area contributed by atoms with Crippen molar-refractivity contribution in [1.29, 1.82) is 0 Å². The molecule has 6 heteroatoms. The highest BCUT2D eigenvalue weighted by molar-refractivity contribution is 7.99. The van der Waals surface area contributed by atoms with E-state index in [1.165, 1.54) is 7.11 Å². The summed E-state index contributed by atoms with van der Waals surface area (Å²) in [6, 6.07) is 5.59. The Labute approximate surface area is 152 Å². The van der Waals surface area contributed by atoms with Crippen LogP contribution in [0.1, 0.15) is 37.7 Å². The molecule has 0 aliphatic heterocycles. The molecule has 0 heterocycles. The minimum absolute atomic E-state index is 0.0739. The molecule has 1 rings (SSSR count). The highest BCUT2D eigenvalue weighted by Crippen LogP contribution is 2.26. The van der Waals surface area contributed by atoms with Crippen molar-refractivity contribution >= 4 is 46.7 Å². The lowest BCUT2D eigenvalue weighted by Crippen LogP contribution is -2.11. The summed E-state index contributed by atoms with van der Waals surface area (Å²) >= 11 is 13.8. The Kier molecular flexibility index (Phi) is 10.4. The molecule has 0 N–H and O–H groups in total. The van der Waals surface area contributed by atoms with Crippen LogP contribution in [0.4, 0.5) is 0 Å². The molecule has 0 bridgehead atoms. The summed E-state index contributed by atoms with van der Waals surface area (Å²) in [6.45, 7) is 0. The zero-order valence-corrected chi connectivity index (χ0v) is 15.6. The fourth-order valence-electron chi connectivity index (χ4n) is 2.10. The highest BCUT2D eigenvalue weighted by atomic mass is 35.5. The number of ether oxygens (including phenoxy) is 1. The SMILES string of the molecule is COC(=O)CC(=O)CSCCCCCCc1c(Cl)cccc1Cl. The Balaban J connectivity index is 2.04. The van der Waals surface area contributed by atoms with Crippen molar-refractivity contribution in [2.45, 2.75) is 38.5 Å². The molecule has 0 aliphatic carbocycles. The number of benzene rings is 1. The Morgan fingerprint density at radius 1 is 1.09 bits per heavy atom. The summed E-state index contributed by atoms with van der Waals surface area (Å²) in [5.41, 5.74) is 1.03. The van der Waals surface area contributed by atoms with E-state index in [2.05, 4.69) is 4.74 Å². The van der Waals surface area contributed by atoms with Gasteiger partial charge in [0.05, 0.1) is 12.9 Å². The van der Waals surface area contributed by atoms with Crippen molar-refractivity contribution in [3.8, 4) is 0 Å². The molecule has 0 spiro atoms. The van der Waals surface area contributed by atoms with Gasteiger partial charge in [0.2, 0.25) is 0 Å². The molecule has 23 heavy (non-hydrogen) atoms. The molecule has 0 saturated carbocycles. The van der Waals surface area contributed by atoms with Crippen LogP contribution in [0.5, 0.6) is 0 Å². The smallest absolute Gasteiger partial charge is 0.313 e. The molecule has 0 amide bonds. The lowest BCUT2D eigenvalue weighted by molar-refractivity contribution is -0.142. The number of hydrogen-bond donors (Lipinski definition) is 0. The van der Waals surface area contributed by atoms with Crippen LogP contribution in [-0.2, 0) is 20.7 Å². The van der Waals surface area contributed by atoms with Crippen LogP contribution in [-0.4, -0.2) is 30.4 Å². The van der Waals surface area contributed by atoms with Crippen molar-refractivity contribution in [3.05, 3.63) is 33.8 Å². The van der Waals surface area contributed by atoms with Gasteiger partial charge in [0, 0.05) is 10.0 Å². The zero-order chi connectivity index (χ0) is 17.1. The minimum Gasteiger partial charge on any atom is -0.469 e. The van der Waals surface area contributed by atoms with Gasteiger partial charge in [-0.05, 0) is 42.7 Å². The number of halogens is 2. The number of ketones is 1. The Morgan fingerprint density at radius 2 is 1.74 bits per heavy atom. The molecular formula is C17H22Cl2O3S. The van der Waals surface area contributed by atoms with Gasteiger partial charge in [0.25, 0.3) is 0 Å². The molecule has 128 valence electrons. The summed E-state index contributed by atoms with van der Waals surface area (Å²) < 4.78 is 4.46. The van der Waals surface area contributed by atoms with Gasteiger partial charge < -0.3 is 4.74 Å². The van der Waals surface area contributed by atoms with E-state index in [0.29, 0.717) is 5.75 Å². The largest absolute Gasteiger partial charge is 0.469 e. The fourth-order valence-corrected chi connectivity index (χ4v) is 3.57. The number of esters is 1. The fraction of sp³-hybridized carbons (Fsp3) is 0.529. The molecule has 0 unspecified atom stereocenters. The third kappa shape index (κ3) is 8.63. The summed E-state index contributed by atoms with van der Waals surface area (Å²) in [6.07, 6.45) is 5.10. The van der Waals surface area contributed by atoms with Crippen LogP contribution < -0.4 is 0 Å². The van der Waals surface area contributed by atoms with E-state index in [-0.39, 0.29) is 12.2 Å². The number of unbranched alkanes of at least 4 members (excludes halogenated alkanes) is 3. The number of thioether (sulfide) groups is 1. The molecule has 1 aromatic carbocycles.